The van der Waals surface area contributed by atoms with Crippen LogP contribution in [0.15, 0.2) is 30.3 Å². The van der Waals surface area contributed by atoms with Gasteiger partial charge in [0.2, 0.25) is 5.95 Å². The Morgan fingerprint density at radius 1 is 1.18 bits per heavy atom. The number of aromatic nitrogens is 2. The van der Waals surface area contributed by atoms with E-state index < -0.39 is 0 Å². The molecule has 0 spiro atoms. The molecule has 1 saturated heterocycles. The Kier molecular flexibility index (Phi) is 4.22. The maximum atomic E-state index is 13.9. The molecule has 1 aliphatic heterocycles. The maximum Gasteiger partial charge on any atom is 0.223 e. The average molecular weight is 300 g/mol. The Hall–Kier alpha value is -2.17. The molecule has 3 rings (SSSR count). The van der Waals surface area contributed by atoms with E-state index in [1.165, 1.54) is 6.07 Å². The molecule has 1 atom stereocenters. The van der Waals surface area contributed by atoms with E-state index in [9.17, 15) is 4.39 Å². The standard InChI is InChI=1S/C17H21FN4/c1-12-10-13(2)20-17(19-12)21-14-6-5-9-22(11-14)16-8-4-3-7-15(16)18/h3-4,7-8,10,14H,5-6,9,11H2,1-2H3,(H,19,20,21). The van der Waals surface area contributed by atoms with Gasteiger partial charge in [-0.2, -0.15) is 0 Å². The molecule has 1 aromatic heterocycles. The van der Waals surface area contributed by atoms with Crippen LogP contribution in [0, 0.1) is 19.7 Å². The van der Waals surface area contributed by atoms with Gasteiger partial charge in [-0.3, -0.25) is 0 Å². The lowest BCUT2D eigenvalue weighted by molar-refractivity contribution is 0.516. The van der Waals surface area contributed by atoms with Crippen LogP contribution in [0.4, 0.5) is 16.0 Å². The summed E-state index contributed by atoms with van der Waals surface area (Å²) in [5.41, 5.74) is 2.59. The van der Waals surface area contributed by atoms with E-state index in [4.69, 9.17) is 0 Å². The highest BCUT2D eigenvalue weighted by atomic mass is 19.1. The Morgan fingerprint density at radius 3 is 2.64 bits per heavy atom. The van der Waals surface area contributed by atoms with Crippen molar-refractivity contribution in [1.29, 1.82) is 0 Å². The monoisotopic (exact) mass is 300 g/mol. The lowest BCUT2D eigenvalue weighted by atomic mass is 10.0. The first kappa shape index (κ1) is 14.8. The molecule has 0 saturated carbocycles. The zero-order valence-electron chi connectivity index (χ0n) is 13.0. The molecule has 0 aliphatic carbocycles. The predicted molar refractivity (Wildman–Crippen MR) is 86.8 cm³/mol. The number of piperidine rings is 1. The molecular weight excluding hydrogens is 279 g/mol. The van der Waals surface area contributed by atoms with E-state index in [-0.39, 0.29) is 11.9 Å². The number of nitrogens with zero attached hydrogens (tertiary/aromatic N) is 3. The zero-order chi connectivity index (χ0) is 15.5. The fourth-order valence-corrected chi connectivity index (χ4v) is 3.00. The topological polar surface area (TPSA) is 41.1 Å². The second kappa shape index (κ2) is 6.30. The molecule has 22 heavy (non-hydrogen) atoms. The molecule has 0 radical (unpaired) electrons. The summed E-state index contributed by atoms with van der Waals surface area (Å²) < 4.78 is 13.9. The minimum absolute atomic E-state index is 0.161. The van der Waals surface area contributed by atoms with Crippen LogP contribution < -0.4 is 10.2 Å². The van der Waals surface area contributed by atoms with Crippen molar-refractivity contribution in [2.45, 2.75) is 32.7 Å². The van der Waals surface area contributed by atoms with Gasteiger partial charge in [-0.05, 0) is 44.9 Å². The molecule has 4 nitrogen and oxygen atoms in total. The van der Waals surface area contributed by atoms with E-state index in [1.807, 2.05) is 32.0 Å². The Bertz CT molecular complexity index is 639. The molecule has 1 fully saturated rings. The van der Waals surface area contributed by atoms with Gasteiger partial charge in [-0.15, -0.1) is 0 Å². The molecule has 1 aliphatic rings. The molecule has 0 amide bonds. The van der Waals surface area contributed by atoms with Crippen LogP contribution in [-0.4, -0.2) is 29.1 Å². The van der Waals surface area contributed by atoms with Crippen molar-refractivity contribution in [3.63, 3.8) is 0 Å². The zero-order valence-corrected chi connectivity index (χ0v) is 13.0. The maximum absolute atomic E-state index is 13.9. The van der Waals surface area contributed by atoms with E-state index in [2.05, 4.69) is 20.2 Å². The summed E-state index contributed by atoms with van der Waals surface area (Å²) in [5.74, 6) is 0.503. The molecule has 5 heteroatoms. The largest absolute Gasteiger partial charge is 0.367 e. The number of nitrogens with one attached hydrogen (secondary N) is 1. The van der Waals surface area contributed by atoms with Gasteiger partial charge >= 0.3 is 0 Å². The minimum Gasteiger partial charge on any atom is -0.367 e. The summed E-state index contributed by atoms with van der Waals surface area (Å²) in [6, 6.07) is 9.14. The third kappa shape index (κ3) is 3.35. The van der Waals surface area contributed by atoms with Gasteiger partial charge in [0.15, 0.2) is 0 Å². The predicted octanol–water partition coefficient (Wildman–Crippen LogP) is 3.31. The van der Waals surface area contributed by atoms with Gasteiger partial charge in [0.25, 0.3) is 0 Å². The van der Waals surface area contributed by atoms with Crippen LogP contribution in [0.1, 0.15) is 24.2 Å². The molecule has 2 aromatic rings. The van der Waals surface area contributed by atoms with Crippen LogP contribution in [0.5, 0.6) is 0 Å². The third-order valence-electron chi connectivity index (χ3n) is 3.93. The molecule has 1 unspecified atom stereocenters. The average Bonchev–Trinajstić information content (AvgIpc) is 2.47. The number of para-hydroxylation sites is 1. The highest BCUT2D eigenvalue weighted by Gasteiger charge is 2.22. The molecule has 2 heterocycles. The van der Waals surface area contributed by atoms with E-state index in [1.54, 1.807) is 6.07 Å². The molecular formula is C17H21FN4. The van der Waals surface area contributed by atoms with Crippen molar-refractivity contribution in [3.05, 3.63) is 47.5 Å². The van der Waals surface area contributed by atoms with Gasteiger partial charge in [-0.25, -0.2) is 14.4 Å². The van der Waals surface area contributed by atoms with Crippen molar-refractivity contribution in [1.82, 2.24) is 9.97 Å². The van der Waals surface area contributed by atoms with Crippen LogP contribution in [0.25, 0.3) is 0 Å². The summed E-state index contributed by atoms with van der Waals surface area (Å²) in [6.45, 7) is 5.57. The van der Waals surface area contributed by atoms with Gasteiger partial charge < -0.3 is 10.2 Å². The highest BCUT2D eigenvalue weighted by molar-refractivity contribution is 5.48. The SMILES string of the molecule is Cc1cc(C)nc(NC2CCCN(c3ccccc3F)C2)n1. The summed E-state index contributed by atoms with van der Waals surface area (Å²) >= 11 is 0. The number of benzene rings is 1. The second-order valence-corrected chi connectivity index (χ2v) is 5.86. The Labute approximate surface area is 130 Å². The van der Waals surface area contributed by atoms with Crippen LogP contribution in [-0.2, 0) is 0 Å². The normalized spacial score (nSPS) is 18.3. The number of hydrogen-bond acceptors (Lipinski definition) is 4. The summed E-state index contributed by atoms with van der Waals surface area (Å²) in [7, 11) is 0. The number of rotatable bonds is 3. The van der Waals surface area contributed by atoms with Crippen molar-refractivity contribution >= 4 is 11.6 Å². The number of aryl methyl sites for hydroxylation is 2. The Balaban J connectivity index is 1.72. The summed E-state index contributed by atoms with van der Waals surface area (Å²) in [5, 5.41) is 3.40. The second-order valence-electron chi connectivity index (χ2n) is 5.86. The number of hydrogen-bond donors (Lipinski definition) is 1. The van der Waals surface area contributed by atoms with E-state index >= 15 is 0 Å². The van der Waals surface area contributed by atoms with Gasteiger partial charge in [0.1, 0.15) is 5.82 Å². The number of halogens is 1. The lowest BCUT2D eigenvalue weighted by Crippen LogP contribution is -2.42. The van der Waals surface area contributed by atoms with Gasteiger partial charge in [-0.1, -0.05) is 12.1 Å². The fourth-order valence-electron chi connectivity index (χ4n) is 3.00. The molecule has 1 aromatic carbocycles. The first-order chi connectivity index (χ1) is 10.6. The van der Waals surface area contributed by atoms with Crippen molar-refractivity contribution < 1.29 is 4.39 Å². The number of anilines is 2. The van der Waals surface area contributed by atoms with Crippen molar-refractivity contribution in [2.24, 2.45) is 0 Å². The molecule has 116 valence electrons. The van der Waals surface area contributed by atoms with E-state index in [0.717, 1.165) is 37.3 Å². The summed E-state index contributed by atoms with van der Waals surface area (Å²) in [6.07, 6.45) is 2.07. The van der Waals surface area contributed by atoms with Crippen molar-refractivity contribution in [2.75, 3.05) is 23.3 Å². The summed E-state index contributed by atoms with van der Waals surface area (Å²) in [4.78, 5) is 11.0. The molecule has 1 N–H and O–H groups in total. The van der Waals surface area contributed by atoms with Gasteiger partial charge in [0.05, 0.1) is 5.69 Å². The van der Waals surface area contributed by atoms with Crippen LogP contribution in [0.3, 0.4) is 0 Å². The van der Waals surface area contributed by atoms with Crippen LogP contribution >= 0.6 is 0 Å². The van der Waals surface area contributed by atoms with Crippen molar-refractivity contribution in [3.8, 4) is 0 Å². The quantitative estimate of drug-likeness (QED) is 0.944. The fraction of sp³-hybridized carbons (Fsp3) is 0.412. The Morgan fingerprint density at radius 2 is 1.91 bits per heavy atom. The third-order valence-corrected chi connectivity index (χ3v) is 3.93. The molecule has 0 bridgehead atoms. The minimum atomic E-state index is -0.161. The first-order valence-electron chi connectivity index (χ1n) is 7.70. The first-order valence-corrected chi connectivity index (χ1v) is 7.70. The van der Waals surface area contributed by atoms with Crippen LogP contribution in [0.2, 0.25) is 0 Å². The van der Waals surface area contributed by atoms with E-state index in [0.29, 0.717) is 11.6 Å². The lowest BCUT2D eigenvalue weighted by Gasteiger charge is -2.35. The smallest absolute Gasteiger partial charge is 0.223 e. The highest BCUT2D eigenvalue weighted by Crippen LogP contribution is 2.23. The van der Waals surface area contributed by atoms with Gasteiger partial charge in [0, 0.05) is 30.5 Å².